The van der Waals surface area contributed by atoms with Crippen molar-refractivity contribution in [3.05, 3.63) is 62.3 Å². The molecule has 1 unspecified atom stereocenters. The number of methoxy groups -OCH3 is 1. The lowest BCUT2D eigenvalue weighted by atomic mass is 9.99. The van der Waals surface area contributed by atoms with Gasteiger partial charge in [0, 0.05) is 10.5 Å². The first kappa shape index (κ1) is 15.5. The van der Waals surface area contributed by atoms with E-state index in [0.29, 0.717) is 10.9 Å². The van der Waals surface area contributed by atoms with Gasteiger partial charge in [0.1, 0.15) is 11.6 Å². The van der Waals surface area contributed by atoms with Crippen molar-refractivity contribution in [3.8, 4) is 5.75 Å². The van der Waals surface area contributed by atoms with Crippen LogP contribution in [-0.2, 0) is 6.42 Å². The van der Waals surface area contributed by atoms with Crippen LogP contribution >= 0.6 is 31.9 Å². The monoisotopic (exact) mass is 401 g/mol. The van der Waals surface area contributed by atoms with E-state index in [-0.39, 0.29) is 11.9 Å². The van der Waals surface area contributed by atoms with Crippen molar-refractivity contribution in [2.24, 2.45) is 5.73 Å². The molecule has 0 spiro atoms. The molecule has 106 valence electrons. The van der Waals surface area contributed by atoms with Gasteiger partial charge in [-0.25, -0.2) is 4.39 Å². The summed E-state index contributed by atoms with van der Waals surface area (Å²) in [4.78, 5) is 0. The maximum atomic E-state index is 13.5. The van der Waals surface area contributed by atoms with Crippen LogP contribution in [0.5, 0.6) is 5.75 Å². The third-order valence-corrected chi connectivity index (χ3v) is 4.68. The summed E-state index contributed by atoms with van der Waals surface area (Å²) in [5.41, 5.74) is 7.97. The lowest BCUT2D eigenvalue weighted by molar-refractivity contribution is 0.414. The van der Waals surface area contributed by atoms with Crippen LogP contribution in [0.15, 0.2) is 45.3 Å². The Labute approximate surface area is 134 Å². The van der Waals surface area contributed by atoms with Gasteiger partial charge in [-0.05, 0) is 57.7 Å². The van der Waals surface area contributed by atoms with Crippen LogP contribution in [0.1, 0.15) is 17.2 Å². The van der Waals surface area contributed by atoms with Crippen LogP contribution in [-0.4, -0.2) is 7.11 Å². The standard InChI is InChI=1S/C15H14Br2FNO/c1-20-10-5-6-12(16)9(7-10)8-14(19)11-3-2-4-13(18)15(11)17/h2-7,14H,8,19H2,1H3. The van der Waals surface area contributed by atoms with Gasteiger partial charge in [-0.2, -0.15) is 0 Å². The molecule has 0 aliphatic rings. The maximum absolute atomic E-state index is 13.5. The molecule has 0 heterocycles. The lowest BCUT2D eigenvalue weighted by Gasteiger charge is -2.16. The van der Waals surface area contributed by atoms with Gasteiger partial charge >= 0.3 is 0 Å². The summed E-state index contributed by atoms with van der Waals surface area (Å²) in [5.74, 6) is 0.469. The first-order valence-electron chi connectivity index (χ1n) is 6.05. The molecule has 0 saturated heterocycles. The first-order valence-corrected chi connectivity index (χ1v) is 7.63. The van der Waals surface area contributed by atoms with Crippen LogP contribution in [0.25, 0.3) is 0 Å². The van der Waals surface area contributed by atoms with Crippen molar-refractivity contribution in [2.45, 2.75) is 12.5 Å². The predicted octanol–water partition coefficient (Wildman–Crippen LogP) is 4.60. The fourth-order valence-corrected chi connectivity index (χ4v) is 2.96. The molecule has 0 aliphatic heterocycles. The van der Waals surface area contributed by atoms with Crippen molar-refractivity contribution in [1.29, 1.82) is 0 Å². The number of hydrogen-bond donors (Lipinski definition) is 1. The summed E-state index contributed by atoms with van der Waals surface area (Å²) >= 11 is 6.75. The normalized spacial score (nSPS) is 12.2. The van der Waals surface area contributed by atoms with E-state index in [2.05, 4.69) is 31.9 Å². The van der Waals surface area contributed by atoms with Crippen molar-refractivity contribution < 1.29 is 9.13 Å². The first-order chi connectivity index (χ1) is 9.52. The fourth-order valence-electron chi connectivity index (χ4n) is 1.99. The van der Waals surface area contributed by atoms with Crippen molar-refractivity contribution in [2.75, 3.05) is 7.11 Å². The van der Waals surface area contributed by atoms with Gasteiger partial charge < -0.3 is 10.5 Å². The minimum Gasteiger partial charge on any atom is -0.497 e. The lowest BCUT2D eigenvalue weighted by Crippen LogP contribution is -2.14. The van der Waals surface area contributed by atoms with Gasteiger partial charge in [-0.1, -0.05) is 28.1 Å². The Balaban J connectivity index is 2.27. The van der Waals surface area contributed by atoms with Crippen molar-refractivity contribution in [1.82, 2.24) is 0 Å². The number of halogens is 3. The zero-order valence-corrected chi connectivity index (χ0v) is 14.0. The summed E-state index contributed by atoms with van der Waals surface area (Å²) in [6, 6.07) is 10.3. The molecule has 1 atom stereocenters. The van der Waals surface area contributed by atoms with Crippen molar-refractivity contribution in [3.63, 3.8) is 0 Å². The second kappa shape index (κ2) is 6.70. The van der Waals surface area contributed by atoms with E-state index >= 15 is 0 Å². The Hall–Kier alpha value is -0.910. The summed E-state index contributed by atoms with van der Waals surface area (Å²) < 4.78 is 20.1. The summed E-state index contributed by atoms with van der Waals surface area (Å²) in [6.45, 7) is 0. The summed E-state index contributed by atoms with van der Waals surface area (Å²) in [7, 11) is 1.62. The van der Waals surface area contributed by atoms with Crippen molar-refractivity contribution >= 4 is 31.9 Å². The minimum absolute atomic E-state index is 0.302. The summed E-state index contributed by atoms with van der Waals surface area (Å²) in [5, 5.41) is 0. The molecule has 0 fully saturated rings. The molecule has 5 heteroatoms. The quantitative estimate of drug-likeness (QED) is 0.810. The van der Waals surface area contributed by atoms with Gasteiger partial charge in [0.25, 0.3) is 0 Å². The Morgan fingerprint density at radius 2 is 2.00 bits per heavy atom. The van der Waals surface area contributed by atoms with Gasteiger partial charge in [0.05, 0.1) is 11.6 Å². The number of nitrogens with two attached hydrogens (primary N) is 1. The Morgan fingerprint density at radius 3 is 2.70 bits per heavy atom. The third kappa shape index (κ3) is 3.40. The second-order valence-electron chi connectivity index (χ2n) is 4.41. The fraction of sp³-hybridized carbons (Fsp3) is 0.200. The van der Waals surface area contributed by atoms with E-state index in [1.165, 1.54) is 6.07 Å². The highest BCUT2D eigenvalue weighted by molar-refractivity contribution is 9.10. The number of benzene rings is 2. The van der Waals surface area contributed by atoms with E-state index in [1.54, 1.807) is 13.2 Å². The van der Waals surface area contributed by atoms with Gasteiger partial charge in [-0.3, -0.25) is 0 Å². The SMILES string of the molecule is COc1ccc(Br)c(CC(N)c2cccc(F)c2Br)c1. The highest BCUT2D eigenvalue weighted by Crippen LogP contribution is 2.30. The average molecular weight is 403 g/mol. The molecule has 0 bridgehead atoms. The van der Waals surface area contributed by atoms with E-state index in [4.69, 9.17) is 10.5 Å². The molecular weight excluding hydrogens is 389 g/mol. The molecule has 0 saturated carbocycles. The van der Waals surface area contributed by atoms with E-state index in [9.17, 15) is 4.39 Å². The molecule has 0 amide bonds. The van der Waals surface area contributed by atoms with E-state index in [1.807, 2.05) is 24.3 Å². The molecule has 2 nitrogen and oxygen atoms in total. The third-order valence-electron chi connectivity index (χ3n) is 3.07. The Morgan fingerprint density at radius 1 is 1.25 bits per heavy atom. The highest BCUT2D eigenvalue weighted by Gasteiger charge is 2.15. The molecule has 2 aromatic carbocycles. The average Bonchev–Trinajstić information content (AvgIpc) is 2.44. The Bertz CT molecular complexity index is 619. The smallest absolute Gasteiger partial charge is 0.137 e. The van der Waals surface area contributed by atoms with Crippen LogP contribution in [0.3, 0.4) is 0 Å². The maximum Gasteiger partial charge on any atom is 0.137 e. The second-order valence-corrected chi connectivity index (χ2v) is 6.06. The van der Waals surface area contributed by atoms with Gasteiger partial charge in [-0.15, -0.1) is 0 Å². The van der Waals surface area contributed by atoms with E-state index in [0.717, 1.165) is 21.3 Å². The molecule has 2 aromatic rings. The number of hydrogen-bond acceptors (Lipinski definition) is 2. The van der Waals surface area contributed by atoms with E-state index < -0.39 is 0 Å². The number of rotatable bonds is 4. The summed E-state index contributed by atoms with van der Waals surface area (Å²) in [6.07, 6.45) is 0.583. The topological polar surface area (TPSA) is 35.2 Å². The zero-order chi connectivity index (χ0) is 14.7. The van der Waals surface area contributed by atoms with Crippen LogP contribution in [0, 0.1) is 5.82 Å². The largest absolute Gasteiger partial charge is 0.497 e. The highest BCUT2D eigenvalue weighted by atomic mass is 79.9. The molecular formula is C15H14Br2FNO. The Kier molecular flexibility index (Phi) is 5.18. The molecule has 0 aliphatic carbocycles. The van der Waals surface area contributed by atoms with Crippen LogP contribution in [0.4, 0.5) is 4.39 Å². The molecule has 20 heavy (non-hydrogen) atoms. The van der Waals surface area contributed by atoms with Gasteiger partial charge in [0.2, 0.25) is 0 Å². The van der Waals surface area contributed by atoms with Gasteiger partial charge in [0.15, 0.2) is 0 Å². The molecule has 0 aromatic heterocycles. The molecule has 2 N–H and O–H groups in total. The zero-order valence-electron chi connectivity index (χ0n) is 10.9. The minimum atomic E-state index is -0.303. The number of ether oxygens (including phenoxy) is 1. The predicted molar refractivity (Wildman–Crippen MR) is 85.4 cm³/mol. The van der Waals surface area contributed by atoms with Crippen LogP contribution in [0.2, 0.25) is 0 Å². The van der Waals surface area contributed by atoms with Crippen LogP contribution < -0.4 is 10.5 Å². The molecule has 2 rings (SSSR count). The molecule has 0 radical (unpaired) electrons.